The van der Waals surface area contributed by atoms with Gasteiger partial charge in [-0.1, -0.05) is 42.5 Å². The van der Waals surface area contributed by atoms with Crippen molar-refractivity contribution in [3.05, 3.63) is 72.8 Å². The Morgan fingerprint density at radius 1 is 1.00 bits per heavy atom. The fourth-order valence-corrected chi connectivity index (χ4v) is 2.55. The van der Waals surface area contributed by atoms with Gasteiger partial charge in [0.15, 0.2) is 11.5 Å². The maximum Gasteiger partial charge on any atom is 0.335 e. The number of fused-ring (bicyclic) bond motifs is 1. The third-order valence-corrected chi connectivity index (χ3v) is 3.73. The van der Waals surface area contributed by atoms with E-state index in [-0.39, 0.29) is 0 Å². The smallest absolute Gasteiger partial charge is 0.335 e. The number of esters is 1. The molecule has 4 heteroatoms. The Balaban J connectivity index is 2.20. The van der Waals surface area contributed by atoms with Gasteiger partial charge in [0.25, 0.3) is 0 Å². The Morgan fingerprint density at radius 3 is 2.44 bits per heavy atom. The zero-order valence-corrected chi connectivity index (χ0v) is 14.1. The maximum absolute atomic E-state index is 11.7. The molecule has 0 heterocycles. The average Bonchev–Trinajstić information content (AvgIpc) is 2.64. The van der Waals surface area contributed by atoms with Crippen LogP contribution in [0.5, 0.6) is 23.0 Å². The van der Waals surface area contributed by atoms with Crippen molar-refractivity contribution < 1.29 is 19.0 Å². The Morgan fingerprint density at radius 2 is 1.76 bits per heavy atom. The highest BCUT2D eigenvalue weighted by Gasteiger charge is 2.17. The molecule has 0 saturated carbocycles. The number of benzene rings is 3. The van der Waals surface area contributed by atoms with Gasteiger partial charge in [-0.2, -0.15) is 0 Å². The largest absolute Gasteiger partial charge is 0.493 e. The van der Waals surface area contributed by atoms with Crippen LogP contribution >= 0.6 is 0 Å². The van der Waals surface area contributed by atoms with Crippen molar-refractivity contribution in [2.24, 2.45) is 0 Å². The molecule has 0 atom stereocenters. The lowest BCUT2D eigenvalue weighted by Gasteiger charge is -2.16. The molecule has 4 nitrogen and oxygen atoms in total. The number of carbonyl (C=O) groups excluding carboxylic acids is 1. The van der Waals surface area contributed by atoms with Gasteiger partial charge in [-0.3, -0.25) is 0 Å². The Labute approximate surface area is 146 Å². The van der Waals surface area contributed by atoms with Gasteiger partial charge in [-0.25, -0.2) is 4.79 Å². The second-order valence-electron chi connectivity index (χ2n) is 5.50. The number of para-hydroxylation sites is 1. The van der Waals surface area contributed by atoms with Gasteiger partial charge in [0, 0.05) is 22.9 Å². The number of hydrogen-bond donors (Lipinski definition) is 0. The summed E-state index contributed by atoms with van der Waals surface area (Å²) in [5.74, 6) is 1.56. The van der Waals surface area contributed by atoms with E-state index in [4.69, 9.17) is 14.2 Å². The van der Waals surface area contributed by atoms with Crippen LogP contribution in [-0.2, 0) is 4.79 Å². The second-order valence-corrected chi connectivity index (χ2v) is 5.50. The van der Waals surface area contributed by atoms with Gasteiger partial charge in [0.2, 0.25) is 0 Å². The molecule has 3 aromatic rings. The van der Waals surface area contributed by atoms with Crippen LogP contribution in [0.1, 0.15) is 5.56 Å². The number of hydrogen-bond acceptors (Lipinski definition) is 4. The first-order valence-corrected chi connectivity index (χ1v) is 7.81. The van der Waals surface area contributed by atoms with Crippen LogP contribution in [0.15, 0.2) is 67.3 Å². The SMILES string of the molecule is C=CC(=O)Oc1c(OC)cc(Oc2ccccc2)c2cc(C)ccc12. The van der Waals surface area contributed by atoms with Crippen LogP contribution in [0.25, 0.3) is 10.8 Å². The fourth-order valence-electron chi connectivity index (χ4n) is 2.55. The molecule has 0 fully saturated rings. The Bertz CT molecular complexity index is 930. The van der Waals surface area contributed by atoms with Gasteiger partial charge in [0.1, 0.15) is 11.5 Å². The number of aryl methyl sites for hydroxylation is 1. The van der Waals surface area contributed by atoms with Crippen LogP contribution in [0, 0.1) is 6.92 Å². The van der Waals surface area contributed by atoms with Crippen molar-refractivity contribution in [1.82, 2.24) is 0 Å². The third kappa shape index (κ3) is 3.48. The van der Waals surface area contributed by atoms with Crippen molar-refractivity contribution in [2.75, 3.05) is 7.11 Å². The average molecular weight is 334 g/mol. The molecule has 0 saturated heterocycles. The van der Waals surface area contributed by atoms with Gasteiger partial charge in [-0.05, 0) is 25.1 Å². The number of rotatable bonds is 5. The standard InChI is InChI=1S/C21H18O4/c1-4-20(22)25-21-16-11-10-14(2)12-17(16)18(13-19(21)23-3)24-15-8-6-5-7-9-15/h4-13H,1H2,2-3H3. The topological polar surface area (TPSA) is 44.8 Å². The van der Waals surface area contributed by atoms with E-state index < -0.39 is 5.97 Å². The lowest BCUT2D eigenvalue weighted by Crippen LogP contribution is -2.05. The summed E-state index contributed by atoms with van der Waals surface area (Å²) < 4.78 is 16.9. The quantitative estimate of drug-likeness (QED) is 0.372. The highest BCUT2D eigenvalue weighted by Crippen LogP contribution is 2.43. The van der Waals surface area contributed by atoms with E-state index in [9.17, 15) is 4.79 Å². The molecule has 3 aromatic carbocycles. The molecular formula is C21H18O4. The van der Waals surface area contributed by atoms with E-state index in [2.05, 4.69) is 6.58 Å². The molecule has 0 aliphatic carbocycles. The summed E-state index contributed by atoms with van der Waals surface area (Å²) in [7, 11) is 1.52. The minimum Gasteiger partial charge on any atom is -0.493 e. The number of carbonyl (C=O) groups is 1. The van der Waals surface area contributed by atoms with E-state index in [1.165, 1.54) is 7.11 Å². The Hall–Kier alpha value is -3.27. The minimum absolute atomic E-state index is 0.350. The predicted molar refractivity (Wildman–Crippen MR) is 97.6 cm³/mol. The molecule has 0 aromatic heterocycles. The summed E-state index contributed by atoms with van der Waals surface area (Å²) in [6.07, 6.45) is 1.12. The summed E-state index contributed by atoms with van der Waals surface area (Å²) in [4.78, 5) is 11.7. The van der Waals surface area contributed by atoms with Gasteiger partial charge < -0.3 is 14.2 Å². The lowest BCUT2D eigenvalue weighted by molar-refractivity contribution is -0.128. The molecule has 25 heavy (non-hydrogen) atoms. The number of methoxy groups -OCH3 is 1. The fraction of sp³-hybridized carbons (Fsp3) is 0.0952. The maximum atomic E-state index is 11.7. The molecule has 3 rings (SSSR count). The van der Waals surface area contributed by atoms with Crippen LogP contribution < -0.4 is 14.2 Å². The molecule has 0 radical (unpaired) electrons. The van der Waals surface area contributed by atoms with Crippen molar-refractivity contribution in [3.8, 4) is 23.0 Å². The van der Waals surface area contributed by atoms with E-state index in [0.717, 1.165) is 22.4 Å². The summed E-state index contributed by atoms with van der Waals surface area (Å²) in [5.41, 5.74) is 1.07. The summed E-state index contributed by atoms with van der Waals surface area (Å²) in [5, 5.41) is 1.56. The molecule has 0 unspecified atom stereocenters. The minimum atomic E-state index is -0.545. The van der Waals surface area contributed by atoms with Crippen molar-refractivity contribution in [2.45, 2.75) is 6.92 Å². The van der Waals surface area contributed by atoms with Crippen molar-refractivity contribution >= 4 is 16.7 Å². The molecule has 0 N–H and O–H groups in total. The highest BCUT2D eigenvalue weighted by molar-refractivity contribution is 5.98. The predicted octanol–water partition coefficient (Wildman–Crippen LogP) is 5.04. The normalized spacial score (nSPS) is 10.3. The first-order chi connectivity index (χ1) is 12.1. The van der Waals surface area contributed by atoms with Crippen LogP contribution in [-0.4, -0.2) is 13.1 Å². The molecule has 0 spiro atoms. The van der Waals surface area contributed by atoms with E-state index in [0.29, 0.717) is 23.0 Å². The van der Waals surface area contributed by atoms with Gasteiger partial charge in [-0.15, -0.1) is 0 Å². The molecule has 126 valence electrons. The van der Waals surface area contributed by atoms with Crippen LogP contribution in [0.4, 0.5) is 0 Å². The zero-order chi connectivity index (χ0) is 17.8. The summed E-state index contributed by atoms with van der Waals surface area (Å²) in [6.45, 7) is 5.43. The van der Waals surface area contributed by atoms with E-state index in [1.807, 2.05) is 55.5 Å². The second kappa shape index (κ2) is 7.09. The third-order valence-electron chi connectivity index (χ3n) is 3.73. The Kier molecular flexibility index (Phi) is 4.70. The first-order valence-electron chi connectivity index (χ1n) is 7.81. The zero-order valence-electron chi connectivity index (χ0n) is 14.1. The van der Waals surface area contributed by atoms with Crippen LogP contribution in [0.2, 0.25) is 0 Å². The molecule has 0 aliphatic rings. The van der Waals surface area contributed by atoms with E-state index >= 15 is 0 Å². The highest BCUT2D eigenvalue weighted by atomic mass is 16.6. The summed E-state index contributed by atoms with van der Waals surface area (Å²) in [6, 6.07) is 17.0. The molecule has 0 amide bonds. The first kappa shape index (κ1) is 16.6. The molecular weight excluding hydrogens is 316 g/mol. The van der Waals surface area contributed by atoms with Crippen molar-refractivity contribution in [3.63, 3.8) is 0 Å². The number of ether oxygens (including phenoxy) is 3. The molecule has 0 bridgehead atoms. The summed E-state index contributed by atoms with van der Waals surface area (Å²) >= 11 is 0. The van der Waals surface area contributed by atoms with Gasteiger partial charge >= 0.3 is 5.97 Å². The molecule has 0 aliphatic heterocycles. The van der Waals surface area contributed by atoms with Gasteiger partial charge in [0.05, 0.1) is 7.11 Å². The van der Waals surface area contributed by atoms with E-state index in [1.54, 1.807) is 6.07 Å². The monoisotopic (exact) mass is 334 g/mol. The van der Waals surface area contributed by atoms with Crippen LogP contribution in [0.3, 0.4) is 0 Å². The lowest BCUT2D eigenvalue weighted by atomic mass is 10.0. The van der Waals surface area contributed by atoms with Crippen molar-refractivity contribution in [1.29, 1.82) is 0 Å².